The van der Waals surface area contributed by atoms with Gasteiger partial charge in [0.25, 0.3) is 0 Å². The average Bonchev–Trinajstić information content (AvgIpc) is 2.03. The zero-order valence-electron chi connectivity index (χ0n) is 7.10. The molecule has 2 N–H and O–H groups in total. The summed E-state index contributed by atoms with van der Waals surface area (Å²) in [5.74, 6) is 0. The predicted molar refractivity (Wildman–Crippen MR) is 50.8 cm³/mol. The molecule has 0 bridgehead atoms. The van der Waals surface area contributed by atoms with Gasteiger partial charge in [0.2, 0.25) is 23.9 Å². The molecule has 0 aliphatic rings. The third-order valence-corrected chi connectivity index (χ3v) is 6.10. The molecule has 0 fully saturated rings. The lowest BCUT2D eigenvalue weighted by atomic mass is 10.8. The van der Waals surface area contributed by atoms with Crippen LogP contribution in [0.25, 0.3) is 0 Å². The summed E-state index contributed by atoms with van der Waals surface area (Å²) in [5, 5.41) is 1.02. The number of rotatable bonds is 4. The van der Waals surface area contributed by atoms with Gasteiger partial charge in [-0.25, -0.2) is 16.8 Å². The van der Waals surface area contributed by atoms with E-state index in [1.54, 1.807) is 0 Å². The second-order valence-corrected chi connectivity index (χ2v) is 7.24. The first-order chi connectivity index (χ1) is 5.62. The Morgan fingerprint density at radius 2 is 1.31 bits per heavy atom. The minimum absolute atomic E-state index is 0.508. The monoisotopic (exact) mass is 225 g/mol. The van der Waals surface area contributed by atoms with Crippen LogP contribution < -0.4 is 5.73 Å². The molecule has 0 aromatic heterocycles. The smallest absolute Gasteiger partial charge is 0.226 e. The van der Waals surface area contributed by atoms with Gasteiger partial charge in [-0.05, 0) is 6.92 Å². The lowest BCUT2D eigenvalue weighted by Gasteiger charge is -2.20. The van der Waals surface area contributed by atoms with Crippen LogP contribution in [0.3, 0.4) is 0 Å². The summed E-state index contributed by atoms with van der Waals surface area (Å²) in [7, 11) is -8.17. The fourth-order valence-electron chi connectivity index (χ4n) is 0.493. The van der Waals surface area contributed by atoms with Crippen molar-refractivity contribution in [1.82, 2.24) is 0 Å². The highest BCUT2D eigenvalue weighted by atomic mass is 32.3. The van der Waals surface area contributed by atoms with Crippen molar-refractivity contribution in [3.63, 3.8) is 0 Å². The molecule has 0 radical (unpaired) electrons. The van der Waals surface area contributed by atoms with Gasteiger partial charge in [0, 0.05) is 10.8 Å². The van der Waals surface area contributed by atoms with Crippen molar-refractivity contribution >= 4 is 19.7 Å². The standard InChI is InChI=1S/C6H11NO4S2/c1-4-12(8,9)6(3,7)13(10,11)5-2/h4-5H,1-2,7H2,3H3. The van der Waals surface area contributed by atoms with Gasteiger partial charge in [-0.1, -0.05) is 13.2 Å². The molecule has 0 aromatic carbocycles. The quantitative estimate of drug-likeness (QED) is 0.711. The van der Waals surface area contributed by atoms with E-state index in [2.05, 4.69) is 13.2 Å². The van der Waals surface area contributed by atoms with Gasteiger partial charge >= 0.3 is 0 Å². The molecular formula is C6H11NO4S2. The van der Waals surface area contributed by atoms with E-state index in [4.69, 9.17) is 5.73 Å². The van der Waals surface area contributed by atoms with Crippen LogP contribution in [0.2, 0.25) is 0 Å². The summed E-state index contributed by atoms with van der Waals surface area (Å²) in [4.78, 5) is 0. The van der Waals surface area contributed by atoms with Crippen molar-refractivity contribution in [3.05, 3.63) is 24.0 Å². The topological polar surface area (TPSA) is 94.3 Å². The SMILES string of the molecule is C=CS(=O)(=O)C(C)(N)S(=O)(=O)C=C. The van der Waals surface area contributed by atoms with E-state index in [9.17, 15) is 16.8 Å². The summed E-state index contributed by atoms with van der Waals surface area (Å²) < 4.78 is 42.2. The second kappa shape index (κ2) is 3.24. The first-order valence-corrected chi connectivity index (χ1v) is 6.24. The summed E-state index contributed by atoms with van der Waals surface area (Å²) in [6.07, 6.45) is 0. The lowest BCUT2D eigenvalue weighted by Crippen LogP contribution is -2.49. The van der Waals surface area contributed by atoms with E-state index in [0.717, 1.165) is 6.92 Å². The van der Waals surface area contributed by atoms with Crippen LogP contribution in [0, 0.1) is 0 Å². The Morgan fingerprint density at radius 1 is 1.08 bits per heavy atom. The molecule has 0 saturated heterocycles. The number of nitrogens with two attached hydrogens (primary N) is 1. The molecule has 0 rings (SSSR count). The Morgan fingerprint density at radius 3 is 1.46 bits per heavy atom. The molecule has 0 aromatic rings. The number of sulfone groups is 2. The van der Waals surface area contributed by atoms with Gasteiger partial charge in [0.15, 0.2) is 0 Å². The molecule has 0 aliphatic carbocycles. The van der Waals surface area contributed by atoms with Gasteiger partial charge < -0.3 is 0 Å². The molecule has 5 nitrogen and oxygen atoms in total. The van der Waals surface area contributed by atoms with Crippen LogP contribution in [0.15, 0.2) is 24.0 Å². The molecule has 0 spiro atoms. The van der Waals surface area contributed by atoms with Crippen LogP contribution in [0.5, 0.6) is 0 Å². The molecule has 76 valence electrons. The van der Waals surface area contributed by atoms with Gasteiger partial charge in [-0.15, -0.1) is 0 Å². The third kappa shape index (κ3) is 1.82. The van der Waals surface area contributed by atoms with E-state index in [0.29, 0.717) is 10.8 Å². The minimum Gasteiger partial charge on any atom is -0.299 e. The van der Waals surface area contributed by atoms with Crippen LogP contribution >= 0.6 is 0 Å². The maximum atomic E-state index is 11.2. The Bertz CT molecular complexity index is 376. The first-order valence-electron chi connectivity index (χ1n) is 3.15. The maximum Gasteiger partial charge on any atom is 0.226 e. The summed E-state index contributed by atoms with van der Waals surface area (Å²) >= 11 is 0. The Balaban J connectivity index is 5.76. The van der Waals surface area contributed by atoms with Gasteiger partial charge in [0.05, 0.1) is 0 Å². The molecule has 0 atom stereocenters. The fourth-order valence-corrected chi connectivity index (χ4v) is 2.86. The highest BCUT2D eigenvalue weighted by molar-refractivity contribution is 8.12. The maximum absolute atomic E-state index is 11.2. The molecular weight excluding hydrogens is 214 g/mol. The highest BCUT2D eigenvalue weighted by Crippen LogP contribution is 2.20. The van der Waals surface area contributed by atoms with E-state index < -0.39 is 23.9 Å². The van der Waals surface area contributed by atoms with Crippen LogP contribution in [0.4, 0.5) is 0 Å². The number of hydrogen-bond donors (Lipinski definition) is 1. The third-order valence-electron chi connectivity index (χ3n) is 1.57. The second-order valence-electron chi connectivity index (χ2n) is 2.44. The minimum atomic E-state index is -4.09. The largest absolute Gasteiger partial charge is 0.299 e. The van der Waals surface area contributed by atoms with Gasteiger partial charge in [0.1, 0.15) is 0 Å². The van der Waals surface area contributed by atoms with E-state index in [-0.39, 0.29) is 0 Å². The number of hydrogen-bond acceptors (Lipinski definition) is 5. The van der Waals surface area contributed by atoms with Crippen molar-refractivity contribution in [3.8, 4) is 0 Å². The Hall–Kier alpha value is -0.660. The molecule has 7 heteroatoms. The van der Waals surface area contributed by atoms with Gasteiger partial charge in [-0.2, -0.15) is 0 Å². The normalized spacial score (nSPS) is 13.7. The van der Waals surface area contributed by atoms with Crippen LogP contribution in [-0.2, 0) is 19.7 Å². The molecule has 0 amide bonds. The lowest BCUT2D eigenvalue weighted by molar-refractivity contribution is 0.561. The molecule has 0 saturated carbocycles. The Kier molecular flexibility index (Phi) is 3.08. The van der Waals surface area contributed by atoms with E-state index in [1.165, 1.54) is 0 Å². The zero-order chi connectivity index (χ0) is 10.9. The average molecular weight is 225 g/mol. The first kappa shape index (κ1) is 12.3. The molecule has 0 heterocycles. The summed E-state index contributed by atoms with van der Waals surface area (Å²) in [5.41, 5.74) is 5.17. The fraction of sp³-hybridized carbons (Fsp3) is 0.333. The summed E-state index contributed by atoms with van der Waals surface area (Å²) in [6.45, 7) is 6.84. The summed E-state index contributed by atoms with van der Waals surface area (Å²) in [6, 6.07) is 0. The van der Waals surface area contributed by atoms with Crippen LogP contribution in [-0.4, -0.2) is 21.0 Å². The molecule has 13 heavy (non-hydrogen) atoms. The van der Waals surface area contributed by atoms with Crippen molar-refractivity contribution in [1.29, 1.82) is 0 Å². The predicted octanol–water partition coefficient (Wildman–Crippen LogP) is -0.265. The highest BCUT2D eigenvalue weighted by Gasteiger charge is 2.44. The Labute approximate surface area is 77.8 Å². The van der Waals surface area contributed by atoms with Crippen molar-refractivity contribution in [2.75, 3.05) is 0 Å². The van der Waals surface area contributed by atoms with Crippen molar-refractivity contribution in [2.24, 2.45) is 5.73 Å². The van der Waals surface area contributed by atoms with E-state index in [1.807, 2.05) is 0 Å². The van der Waals surface area contributed by atoms with Crippen LogP contribution in [0.1, 0.15) is 6.92 Å². The van der Waals surface area contributed by atoms with E-state index >= 15 is 0 Å². The van der Waals surface area contributed by atoms with Crippen molar-refractivity contribution < 1.29 is 16.8 Å². The molecule has 0 aliphatic heterocycles. The zero-order valence-corrected chi connectivity index (χ0v) is 8.73. The molecule has 0 unspecified atom stereocenters. The van der Waals surface area contributed by atoms with Gasteiger partial charge in [-0.3, -0.25) is 5.73 Å². The van der Waals surface area contributed by atoms with Crippen molar-refractivity contribution in [2.45, 2.75) is 11.1 Å².